The predicted octanol–water partition coefficient (Wildman–Crippen LogP) is 1.35. The third-order valence-corrected chi connectivity index (χ3v) is 8.77. The number of fused-ring (bicyclic) bond motifs is 3. The van der Waals surface area contributed by atoms with Crippen LogP contribution >= 0.6 is 11.3 Å². The molecule has 0 spiro atoms. The number of hydrogen-bond donors (Lipinski definition) is 2. The van der Waals surface area contributed by atoms with Crippen molar-refractivity contribution in [1.29, 1.82) is 0 Å². The van der Waals surface area contributed by atoms with Gasteiger partial charge in [-0.25, -0.2) is 9.37 Å². The molecule has 1 aromatic carbocycles. The summed E-state index contributed by atoms with van der Waals surface area (Å²) in [5.41, 5.74) is 8.00. The van der Waals surface area contributed by atoms with Gasteiger partial charge in [-0.15, -0.1) is 5.10 Å². The Morgan fingerprint density at radius 3 is 2.60 bits per heavy atom. The predicted molar refractivity (Wildman–Crippen MR) is 156 cm³/mol. The van der Waals surface area contributed by atoms with Crippen LogP contribution in [-0.4, -0.2) is 98.8 Å². The zero-order chi connectivity index (χ0) is 28.8. The van der Waals surface area contributed by atoms with E-state index in [4.69, 9.17) is 10.2 Å². The van der Waals surface area contributed by atoms with Crippen LogP contribution in [-0.2, 0) is 6.54 Å². The Labute approximate surface area is 242 Å². The van der Waals surface area contributed by atoms with Crippen molar-refractivity contribution >= 4 is 44.9 Å². The number of carbonyl (C=O) groups is 1. The molecule has 15 heteroatoms. The van der Waals surface area contributed by atoms with Crippen molar-refractivity contribution in [2.45, 2.75) is 6.54 Å². The second-order valence-corrected chi connectivity index (χ2v) is 11.3. The lowest BCUT2D eigenvalue weighted by molar-refractivity contribution is 0.0735. The molecule has 218 valence electrons. The van der Waals surface area contributed by atoms with Crippen molar-refractivity contribution in [3.05, 3.63) is 57.6 Å². The van der Waals surface area contributed by atoms with E-state index in [1.54, 1.807) is 33.7 Å². The summed E-state index contributed by atoms with van der Waals surface area (Å²) in [4.78, 5) is 40.6. The molecule has 2 saturated heterocycles. The summed E-state index contributed by atoms with van der Waals surface area (Å²) < 4.78 is 24.2. The number of nitrogens with one attached hydrogen (secondary N) is 1. The second-order valence-electron chi connectivity index (χ2n) is 10.3. The van der Waals surface area contributed by atoms with E-state index in [0.717, 1.165) is 24.4 Å². The third-order valence-electron chi connectivity index (χ3n) is 7.81. The number of piperazine rings is 2. The molecule has 1 amide bonds. The first kappa shape index (κ1) is 26.6. The number of anilines is 2. The van der Waals surface area contributed by atoms with Crippen molar-refractivity contribution in [3.63, 3.8) is 0 Å². The molecular weight excluding hydrogens is 563 g/mol. The van der Waals surface area contributed by atoms with Gasteiger partial charge in [-0.1, -0.05) is 11.3 Å². The van der Waals surface area contributed by atoms with Crippen LogP contribution in [0.5, 0.6) is 0 Å². The Morgan fingerprint density at radius 1 is 1.05 bits per heavy atom. The second kappa shape index (κ2) is 10.8. The summed E-state index contributed by atoms with van der Waals surface area (Å²) in [6, 6.07) is 8.27. The van der Waals surface area contributed by atoms with Gasteiger partial charge in [-0.05, 0) is 30.3 Å². The number of halogens is 1. The average molecular weight is 593 g/mol. The van der Waals surface area contributed by atoms with E-state index in [2.05, 4.69) is 25.3 Å². The number of aromatic nitrogens is 5. The third kappa shape index (κ3) is 4.78. The van der Waals surface area contributed by atoms with Gasteiger partial charge >= 0.3 is 4.87 Å². The van der Waals surface area contributed by atoms with Gasteiger partial charge in [-0.3, -0.25) is 19.1 Å². The minimum atomic E-state index is -0.389. The van der Waals surface area contributed by atoms with E-state index in [1.165, 1.54) is 16.8 Å². The number of nitrogen functional groups attached to an aromatic ring is 1. The zero-order valence-corrected chi connectivity index (χ0v) is 23.5. The van der Waals surface area contributed by atoms with Crippen LogP contribution in [0.25, 0.3) is 27.6 Å². The maximum absolute atomic E-state index is 15.1. The van der Waals surface area contributed by atoms with E-state index in [1.807, 2.05) is 4.90 Å². The number of furan rings is 1. The van der Waals surface area contributed by atoms with Crippen molar-refractivity contribution < 1.29 is 13.6 Å². The fourth-order valence-corrected chi connectivity index (χ4v) is 6.47. The number of carbonyl (C=O) groups excluding carboxylic acids is 1. The monoisotopic (exact) mass is 592 g/mol. The Balaban J connectivity index is 1.02. The lowest BCUT2D eigenvalue weighted by atomic mass is 10.1. The molecule has 0 bridgehead atoms. The molecule has 3 N–H and O–H groups in total. The highest BCUT2D eigenvalue weighted by atomic mass is 32.1. The molecule has 0 unspecified atom stereocenters. The van der Waals surface area contributed by atoms with E-state index in [-0.39, 0.29) is 22.5 Å². The van der Waals surface area contributed by atoms with Crippen molar-refractivity contribution in [3.8, 4) is 11.6 Å². The van der Waals surface area contributed by atoms with Gasteiger partial charge < -0.3 is 25.3 Å². The molecule has 2 fully saturated rings. The van der Waals surface area contributed by atoms with Crippen molar-refractivity contribution in [2.24, 2.45) is 0 Å². The molecular formula is C27H29FN10O3S. The molecule has 42 heavy (non-hydrogen) atoms. The number of nitrogens with zero attached hydrogens (tertiary/aromatic N) is 8. The molecule has 2 aliphatic heterocycles. The van der Waals surface area contributed by atoms with Crippen LogP contribution in [0.2, 0.25) is 0 Å². The zero-order valence-electron chi connectivity index (χ0n) is 22.7. The molecule has 6 heterocycles. The van der Waals surface area contributed by atoms with E-state index >= 15 is 4.39 Å². The molecule has 0 aliphatic carbocycles. The van der Waals surface area contributed by atoms with Gasteiger partial charge in [0.15, 0.2) is 17.1 Å². The summed E-state index contributed by atoms with van der Waals surface area (Å²) in [7, 11) is 0. The fourth-order valence-electron chi connectivity index (χ4n) is 5.54. The van der Waals surface area contributed by atoms with Crippen LogP contribution in [0.15, 0.2) is 45.8 Å². The smallest absolute Gasteiger partial charge is 0.309 e. The maximum atomic E-state index is 15.1. The van der Waals surface area contributed by atoms with Crippen LogP contribution in [0, 0.1) is 5.82 Å². The Morgan fingerprint density at radius 2 is 1.86 bits per heavy atom. The highest BCUT2D eigenvalue weighted by molar-refractivity contribution is 7.17. The SMILES string of the molecule is Nc1nc2c(sc(=O)n2CCN2CCN(c3ccc(C(=O)N4CCNCC4)cc3F)CC2)c2nc(-c3ccco3)nn12. The summed E-state index contributed by atoms with van der Waals surface area (Å²) in [6.45, 7) is 6.45. The topological polar surface area (TPSA) is 143 Å². The minimum absolute atomic E-state index is 0.130. The lowest BCUT2D eigenvalue weighted by Crippen LogP contribution is -2.48. The summed E-state index contributed by atoms with van der Waals surface area (Å²) in [6.07, 6.45) is 1.54. The highest BCUT2D eigenvalue weighted by Crippen LogP contribution is 2.26. The van der Waals surface area contributed by atoms with Gasteiger partial charge in [0.2, 0.25) is 11.8 Å². The van der Waals surface area contributed by atoms with Crippen molar-refractivity contribution in [2.75, 3.05) is 69.5 Å². The number of hydrogen-bond acceptors (Lipinski definition) is 11. The summed E-state index contributed by atoms with van der Waals surface area (Å²) in [5.74, 6) is 0.465. The van der Waals surface area contributed by atoms with Gasteiger partial charge in [0.25, 0.3) is 5.91 Å². The quantitative estimate of drug-likeness (QED) is 0.297. The van der Waals surface area contributed by atoms with Crippen LogP contribution in [0.1, 0.15) is 10.4 Å². The van der Waals surface area contributed by atoms with Gasteiger partial charge in [0.05, 0.1) is 12.0 Å². The van der Waals surface area contributed by atoms with E-state index in [0.29, 0.717) is 91.2 Å². The summed E-state index contributed by atoms with van der Waals surface area (Å²) in [5, 5.41) is 7.61. The number of thiazole rings is 1. The Hall–Kier alpha value is -4.34. The molecule has 0 atom stereocenters. The first-order valence-electron chi connectivity index (χ1n) is 13.8. The molecule has 4 aromatic heterocycles. The lowest BCUT2D eigenvalue weighted by Gasteiger charge is -2.36. The normalized spacial score (nSPS) is 16.6. The molecule has 5 aromatic rings. The van der Waals surface area contributed by atoms with E-state index < -0.39 is 0 Å². The highest BCUT2D eigenvalue weighted by Gasteiger charge is 2.24. The molecule has 0 radical (unpaired) electrons. The van der Waals surface area contributed by atoms with Crippen LogP contribution < -0.4 is 20.8 Å². The maximum Gasteiger partial charge on any atom is 0.309 e. The number of nitrogens with two attached hydrogens (primary N) is 1. The van der Waals surface area contributed by atoms with Gasteiger partial charge in [0.1, 0.15) is 10.5 Å². The number of amides is 1. The average Bonchev–Trinajstić information content (AvgIpc) is 3.76. The Bertz CT molecular complexity index is 1820. The minimum Gasteiger partial charge on any atom is -0.461 e. The Kier molecular flexibility index (Phi) is 6.84. The number of benzene rings is 1. The molecule has 7 rings (SSSR count). The largest absolute Gasteiger partial charge is 0.461 e. The fraction of sp³-hybridized carbons (Fsp3) is 0.370. The van der Waals surface area contributed by atoms with Crippen molar-refractivity contribution in [1.82, 2.24) is 39.3 Å². The first-order chi connectivity index (χ1) is 20.5. The van der Waals surface area contributed by atoms with Gasteiger partial charge in [0, 0.05) is 71.0 Å². The molecule has 2 aliphatic rings. The van der Waals surface area contributed by atoms with Crippen LogP contribution in [0.4, 0.5) is 16.0 Å². The standard InChI is InChI=1S/C27H29FN10O3S/c28-18-16-17(25(39)36-7-5-30-6-8-36)3-4-19(18)35-12-9-34(10-13-35)11-14-37-23-21(42-27(37)40)24-31-22(20-2-1-15-41-20)33-38(24)26(29)32-23/h1-4,15-16,30H,5-14H2,(H2,29,32). The number of rotatable bonds is 6. The summed E-state index contributed by atoms with van der Waals surface area (Å²) >= 11 is 1.06. The first-order valence-corrected chi connectivity index (χ1v) is 14.6. The van der Waals surface area contributed by atoms with Crippen LogP contribution in [0.3, 0.4) is 0 Å². The molecule has 0 saturated carbocycles. The van der Waals surface area contributed by atoms with Gasteiger partial charge in [-0.2, -0.15) is 9.50 Å². The molecule has 13 nitrogen and oxygen atoms in total. The van der Waals surface area contributed by atoms with E-state index in [9.17, 15) is 9.59 Å².